The first-order chi connectivity index (χ1) is 12.1. The van der Waals surface area contributed by atoms with Crippen LogP contribution in [0.3, 0.4) is 0 Å². The van der Waals surface area contributed by atoms with Crippen molar-refractivity contribution in [3.05, 3.63) is 47.8 Å². The van der Waals surface area contributed by atoms with Crippen LogP contribution in [0.15, 0.2) is 41.5 Å². The van der Waals surface area contributed by atoms with E-state index in [9.17, 15) is 0 Å². The number of benzene rings is 1. The normalized spacial score (nSPS) is 11.2. The van der Waals surface area contributed by atoms with Gasteiger partial charge in [0.05, 0.1) is 25.4 Å². The van der Waals surface area contributed by atoms with Gasteiger partial charge in [0.2, 0.25) is 0 Å². The monoisotopic (exact) mass is 471 g/mol. The number of guanidine groups is 1. The Bertz CT molecular complexity index is 684. The van der Waals surface area contributed by atoms with Crippen LogP contribution >= 0.6 is 24.0 Å². The van der Waals surface area contributed by atoms with Crippen molar-refractivity contribution in [2.24, 2.45) is 18.0 Å². The van der Waals surface area contributed by atoms with Crippen molar-refractivity contribution in [1.82, 2.24) is 20.4 Å². The molecular formula is C19H30IN5O. The van der Waals surface area contributed by atoms with Gasteiger partial charge in [0.1, 0.15) is 5.75 Å². The fourth-order valence-electron chi connectivity index (χ4n) is 2.26. The number of nitrogens with zero attached hydrogens (tertiary/aromatic N) is 3. The number of aromatic nitrogens is 2. The van der Waals surface area contributed by atoms with Crippen molar-refractivity contribution in [3.63, 3.8) is 0 Å². The zero-order valence-corrected chi connectivity index (χ0v) is 18.4. The molecule has 26 heavy (non-hydrogen) atoms. The van der Waals surface area contributed by atoms with Gasteiger partial charge in [0.15, 0.2) is 5.96 Å². The summed E-state index contributed by atoms with van der Waals surface area (Å²) < 4.78 is 7.64. The number of halogens is 1. The second-order valence-corrected chi connectivity index (χ2v) is 6.35. The Morgan fingerprint density at radius 2 is 2.08 bits per heavy atom. The van der Waals surface area contributed by atoms with E-state index in [0.29, 0.717) is 19.0 Å². The predicted octanol–water partition coefficient (Wildman–Crippen LogP) is 3.33. The van der Waals surface area contributed by atoms with Crippen LogP contribution < -0.4 is 15.4 Å². The van der Waals surface area contributed by atoms with Crippen LogP contribution in [0.1, 0.15) is 32.0 Å². The zero-order chi connectivity index (χ0) is 18.1. The number of hydrogen-bond acceptors (Lipinski definition) is 3. The summed E-state index contributed by atoms with van der Waals surface area (Å²) in [6, 6.07) is 10.1. The second-order valence-electron chi connectivity index (χ2n) is 6.35. The molecule has 0 aliphatic rings. The smallest absolute Gasteiger partial charge is 0.191 e. The summed E-state index contributed by atoms with van der Waals surface area (Å²) in [5, 5.41) is 10.8. The third-order valence-electron chi connectivity index (χ3n) is 3.61. The molecular weight excluding hydrogens is 441 g/mol. The lowest BCUT2D eigenvalue weighted by atomic mass is 10.2. The zero-order valence-electron chi connectivity index (χ0n) is 16.0. The molecule has 0 saturated heterocycles. The van der Waals surface area contributed by atoms with Crippen molar-refractivity contribution in [3.8, 4) is 5.75 Å². The van der Waals surface area contributed by atoms with Crippen LogP contribution in [0.25, 0.3) is 0 Å². The van der Waals surface area contributed by atoms with E-state index < -0.39 is 0 Å². The standard InChI is InChI=1S/C19H29N5O.HI/c1-5-20-19(22-13-17-9-10-23-24(17)4)21-12-16-7-6-8-18(11-16)25-14-15(2)3;/h6-11,15H,5,12-14H2,1-4H3,(H2,20,21,22);1H. The maximum atomic E-state index is 5.78. The lowest BCUT2D eigenvalue weighted by Gasteiger charge is -2.12. The van der Waals surface area contributed by atoms with Crippen molar-refractivity contribution in [1.29, 1.82) is 0 Å². The van der Waals surface area contributed by atoms with Crippen molar-refractivity contribution >= 4 is 29.9 Å². The van der Waals surface area contributed by atoms with Gasteiger partial charge in [0.25, 0.3) is 0 Å². The molecule has 0 aliphatic carbocycles. The lowest BCUT2D eigenvalue weighted by Crippen LogP contribution is -2.37. The van der Waals surface area contributed by atoms with Crippen LogP contribution in [0.2, 0.25) is 0 Å². The third-order valence-corrected chi connectivity index (χ3v) is 3.61. The highest BCUT2D eigenvalue weighted by atomic mass is 127. The number of aliphatic imine (C=N–C) groups is 1. The van der Waals surface area contributed by atoms with Crippen molar-refractivity contribution in [2.45, 2.75) is 33.9 Å². The molecule has 2 rings (SSSR count). The van der Waals surface area contributed by atoms with Crippen LogP contribution in [0.5, 0.6) is 5.75 Å². The Hall–Kier alpha value is -1.77. The maximum Gasteiger partial charge on any atom is 0.191 e. The van der Waals surface area contributed by atoms with Gasteiger partial charge in [-0.05, 0) is 36.6 Å². The van der Waals surface area contributed by atoms with Gasteiger partial charge in [-0.25, -0.2) is 4.99 Å². The minimum atomic E-state index is 0. The summed E-state index contributed by atoms with van der Waals surface area (Å²) >= 11 is 0. The first-order valence-corrected chi connectivity index (χ1v) is 8.79. The average Bonchev–Trinajstić information content (AvgIpc) is 3.01. The fraction of sp³-hybridized carbons (Fsp3) is 0.474. The van der Waals surface area contributed by atoms with Gasteiger partial charge in [-0.15, -0.1) is 24.0 Å². The largest absolute Gasteiger partial charge is 0.493 e. The fourth-order valence-corrected chi connectivity index (χ4v) is 2.26. The Balaban J connectivity index is 0.00000338. The molecule has 0 radical (unpaired) electrons. The van der Waals surface area contributed by atoms with Gasteiger partial charge in [-0.2, -0.15) is 5.10 Å². The Morgan fingerprint density at radius 1 is 1.27 bits per heavy atom. The van der Waals surface area contributed by atoms with E-state index in [0.717, 1.165) is 36.1 Å². The van der Waals surface area contributed by atoms with Gasteiger partial charge in [-0.3, -0.25) is 4.68 Å². The highest BCUT2D eigenvalue weighted by molar-refractivity contribution is 14.0. The molecule has 2 N–H and O–H groups in total. The predicted molar refractivity (Wildman–Crippen MR) is 117 cm³/mol. The lowest BCUT2D eigenvalue weighted by molar-refractivity contribution is 0.271. The molecule has 6 nitrogen and oxygen atoms in total. The van der Waals surface area contributed by atoms with E-state index in [2.05, 4.69) is 53.6 Å². The molecule has 0 unspecified atom stereocenters. The van der Waals surface area contributed by atoms with Crippen LogP contribution in [0, 0.1) is 5.92 Å². The highest BCUT2D eigenvalue weighted by Gasteiger charge is 2.03. The molecule has 0 spiro atoms. The van der Waals surface area contributed by atoms with Crippen molar-refractivity contribution < 1.29 is 4.74 Å². The van der Waals surface area contributed by atoms with Gasteiger partial charge >= 0.3 is 0 Å². The Morgan fingerprint density at radius 3 is 2.73 bits per heavy atom. The second kappa shape index (κ2) is 11.8. The van der Waals surface area contributed by atoms with E-state index in [1.165, 1.54) is 0 Å². The topological polar surface area (TPSA) is 63.5 Å². The summed E-state index contributed by atoms with van der Waals surface area (Å²) in [5.74, 6) is 2.20. The number of nitrogens with one attached hydrogen (secondary N) is 2. The van der Waals surface area contributed by atoms with Crippen LogP contribution in [0.4, 0.5) is 0 Å². The summed E-state index contributed by atoms with van der Waals surface area (Å²) in [6.07, 6.45) is 1.80. The van der Waals surface area contributed by atoms with Gasteiger partial charge < -0.3 is 15.4 Å². The number of aryl methyl sites for hydroxylation is 1. The van der Waals surface area contributed by atoms with Gasteiger partial charge in [0, 0.05) is 19.8 Å². The molecule has 0 amide bonds. The first-order valence-electron chi connectivity index (χ1n) is 8.79. The SMILES string of the molecule is CCNC(=NCc1cccc(OCC(C)C)c1)NCc1ccnn1C.I. The summed E-state index contributed by atoms with van der Waals surface area (Å²) in [4.78, 5) is 4.66. The highest BCUT2D eigenvalue weighted by Crippen LogP contribution is 2.15. The molecule has 2 aromatic rings. The quantitative estimate of drug-likeness (QED) is 0.352. The minimum absolute atomic E-state index is 0. The van der Waals surface area contributed by atoms with E-state index in [4.69, 9.17) is 4.74 Å². The summed E-state index contributed by atoms with van der Waals surface area (Å²) in [7, 11) is 1.93. The van der Waals surface area contributed by atoms with Gasteiger partial charge in [-0.1, -0.05) is 26.0 Å². The Labute approximate surface area is 173 Å². The summed E-state index contributed by atoms with van der Waals surface area (Å²) in [5.41, 5.74) is 2.23. The molecule has 1 heterocycles. The number of ether oxygens (including phenoxy) is 1. The van der Waals surface area contributed by atoms with Crippen LogP contribution in [-0.4, -0.2) is 28.9 Å². The van der Waals surface area contributed by atoms with Crippen LogP contribution in [-0.2, 0) is 20.1 Å². The molecule has 0 saturated carbocycles. The number of rotatable bonds is 8. The van der Waals surface area contributed by atoms with E-state index in [1.807, 2.05) is 29.9 Å². The maximum absolute atomic E-state index is 5.78. The van der Waals surface area contributed by atoms with E-state index >= 15 is 0 Å². The summed E-state index contributed by atoms with van der Waals surface area (Å²) in [6.45, 7) is 9.16. The first kappa shape index (κ1) is 22.3. The molecule has 0 fully saturated rings. The molecule has 0 atom stereocenters. The number of hydrogen-bond donors (Lipinski definition) is 2. The molecule has 1 aromatic carbocycles. The van der Waals surface area contributed by atoms with E-state index in [-0.39, 0.29) is 24.0 Å². The Kier molecular flexibility index (Phi) is 10.1. The van der Waals surface area contributed by atoms with E-state index in [1.54, 1.807) is 6.20 Å². The molecule has 0 bridgehead atoms. The molecule has 0 aliphatic heterocycles. The average molecular weight is 471 g/mol. The molecule has 7 heteroatoms. The molecule has 1 aromatic heterocycles. The van der Waals surface area contributed by atoms with Crippen molar-refractivity contribution in [2.75, 3.05) is 13.2 Å². The minimum Gasteiger partial charge on any atom is -0.493 e. The molecule has 144 valence electrons. The third kappa shape index (κ3) is 7.63.